The van der Waals surface area contributed by atoms with Gasteiger partial charge in [0.1, 0.15) is 11.5 Å². The molecule has 1 amide bonds. The molecule has 4 nitrogen and oxygen atoms in total. The normalized spacial score (nSPS) is 10.9. The summed E-state index contributed by atoms with van der Waals surface area (Å²) in [6.45, 7) is 4.26. The fourth-order valence-electron chi connectivity index (χ4n) is 1.89. The van der Waals surface area contributed by atoms with Crippen LogP contribution in [0.2, 0.25) is 0 Å². The first-order chi connectivity index (χ1) is 9.95. The lowest BCUT2D eigenvalue weighted by molar-refractivity contribution is -0.121. The van der Waals surface area contributed by atoms with E-state index in [0.29, 0.717) is 18.9 Å². The van der Waals surface area contributed by atoms with Crippen LogP contribution in [-0.4, -0.2) is 15.7 Å². The van der Waals surface area contributed by atoms with E-state index in [1.807, 2.05) is 13.8 Å². The zero-order chi connectivity index (χ0) is 15.4. The topological polar surface area (TPSA) is 46.9 Å². The Morgan fingerprint density at radius 2 is 2.14 bits per heavy atom. The van der Waals surface area contributed by atoms with Crippen LogP contribution in [0.3, 0.4) is 0 Å². The number of carbonyl (C=O) groups is 1. The molecule has 0 radical (unpaired) electrons. The van der Waals surface area contributed by atoms with Crippen molar-refractivity contribution in [3.8, 4) is 5.69 Å². The summed E-state index contributed by atoms with van der Waals surface area (Å²) >= 11 is 0. The van der Waals surface area contributed by atoms with E-state index in [4.69, 9.17) is 0 Å². The minimum absolute atomic E-state index is 0.0364. The van der Waals surface area contributed by atoms with Crippen molar-refractivity contribution in [2.24, 2.45) is 5.92 Å². The predicted molar refractivity (Wildman–Crippen MR) is 74.8 cm³/mol. The monoisotopic (exact) mass is 293 g/mol. The Bertz CT molecular complexity index is 638. The van der Waals surface area contributed by atoms with Gasteiger partial charge in [0.2, 0.25) is 5.91 Å². The number of nitrogens with one attached hydrogen (secondary N) is 1. The van der Waals surface area contributed by atoms with Crippen LogP contribution in [0, 0.1) is 17.6 Å². The molecule has 1 N–H and O–H groups in total. The highest BCUT2D eigenvalue weighted by molar-refractivity contribution is 5.76. The van der Waals surface area contributed by atoms with Crippen LogP contribution >= 0.6 is 0 Å². The van der Waals surface area contributed by atoms with Crippen molar-refractivity contribution < 1.29 is 13.6 Å². The maximum Gasteiger partial charge on any atom is 0.220 e. The van der Waals surface area contributed by atoms with E-state index in [1.54, 1.807) is 12.4 Å². The van der Waals surface area contributed by atoms with Gasteiger partial charge < -0.3 is 5.32 Å². The Kier molecular flexibility index (Phi) is 4.67. The molecule has 0 spiro atoms. The third-order valence-electron chi connectivity index (χ3n) is 2.88. The summed E-state index contributed by atoms with van der Waals surface area (Å²) in [5.74, 6) is -1.06. The fraction of sp³-hybridized carbons (Fsp3) is 0.333. The molecule has 0 aliphatic carbocycles. The molecule has 2 aromatic rings. The second-order valence-corrected chi connectivity index (χ2v) is 5.26. The van der Waals surface area contributed by atoms with Crippen LogP contribution in [0.15, 0.2) is 30.6 Å². The summed E-state index contributed by atoms with van der Waals surface area (Å²) in [6.07, 6.45) is 3.60. The average Bonchev–Trinajstić information content (AvgIpc) is 2.84. The molecule has 0 saturated carbocycles. The van der Waals surface area contributed by atoms with Crippen molar-refractivity contribution in [3.05, 3.63) is 47.8 Å². The standard InChI is InChI=1S/C15H17F2N3O/c1-10(2)5-15(21)18-7-11-8-19-20(9-11)14-4-3-12(16)6-13(14)17/h3-4,6,8-10H,5,7H2,1-2H3,(H,18,21). The summed E-state index contributed by atoms with van der Waals surface area (Å²) in [6, 6.07) is 3.30. The van der Waals surface area contributed by atoms with Crippen molar-refractivity contribution in [1.29, 1.82) is 0 Å². The lowest BCUT2D eigenvalue weighted by Crippen LogP contribution is -2.23. The van der Waals surface area contributed by atoms with Crippen molar-refractivity contribution in [3.63, 3.8) is 0 Å². The van der Waals surface area contributed by atoms with Crippen molar-refractivity contribution in [2.45, 2.75) is 26.8 Å². The second kappa shape index (κ2) is 6.47. The van der Waals surface area contributed by atoms with E-state index in [9.17, 15) is 13.6 Å². The first kappa shape index (κ1) is 15.2. The Labute approximate surface area is 121 Å². The van der Waals surface area contributed by atoms with Gasteiger partial charge in [-0.1, -0.05) is 13.8 Å². The van der Waals surface area contributed by atoms with Gasteiger partial charge in [0.15, 0.2) is 5.82 Å². The number of aromatic nitrogens is 2. The number of hydrogen-bond donors (Lipinski definition) is 1. The van der Waals surface area contributed by atoms with Gasteiger partial charge in [-0.05, 0) is 18.1 Å². The highest BCUT2D eigenvalue weighted by atomic mass is 19.1. The molecule has 2 rings (SSSR count). The Balaban J connectivity index is 2.03. The van der Waals surface area contributed by atoms with Crippen LogP contribution in [0.5, 0.6) is 0 Å². The Morgan fingerprint density at radius 1 is 1.38 bits per heavy atom. The Morgan fingerprint density at radius 3 is 2.81 bits per heavy atom. The zero-order valence-electron chi connectivity index (χ0n) is 11.9. The summed E-state index contributed by atoms with van der Waals surface area (Å²) in [5, 5.41) is 6.79. The quantitative estimate of drug-likeness (QED) is 0.921. The molecule has 0 unspecified atom stereocenters. The van der Waals surface area contributed by atoms with Crippen molar-refractivity contribution >= 4 is 5.91 Å². The van der Waals surface area contributed by atoms with E-state index in [2.05, 4.69) is 10.4 Å². The van der Waals surface area contributed by atoms with E-state index in [1.165, 1.54) is 16.8 Å². The van der Waals surface area contributed by atoms with E-state index in [-0.39, 0.29) is 11.6 Å². The molecule has 0 aliphatic heterocycles. The van der Waals surface area contributed by atoms with Gasteiger partial charge in [-0.3, -0.25) is 4.79 Å². The van der Waals surface area contributed by atoms with Crippen LogP contribution in [0.4, 0.5) is 8.78 Å². The third-order valence-corrected chi connectivity index (χ3v) is 2.88. The number of nitrogens with zero attached hydrogens (tertiary/aromatic N) is 2. The van der Waals surface area contributed by atoms with Gasteiger partial charge in [0.25, 0.3) is 0 Å². The summed E-state index contributed by atoms with van der Waals surface area (Å²) in [7, 11) is 0. The van der Waals surface area contributed by atoms with Crippen LogP contribution in [-0.2, 0) is 11.3 Å². The molecule has 0 atom stereocenters. The smallest absolute Gasteiger partial charge is 0.220 e. The molecule has 0 bridgehead atoms. The van der Waals surface area contributed by atoms with Gasteiger partial charge in [-0.15, -0.1) is 0 Å². The van der Waals surface area contributed by atoms with Crippen molar-refractivity contribution in [2.75, 3.05) is 0 Å². The summed E-state index contributed by atoms with van der Waals surface area (Å²) in [5.41, 5.74) is 0.909. The van der Waals surface area contributed by atoms with Gasteiger partial charge in [0, 0.05) is 30.8 Å². The minimum Gasteiger partial charge on any atom is -0.352 e. The first-order valence-electron chi connectivity index (χ1n) is 6.71. The van der Waals surface area contributed by atoms with Gasteiger partial charge in [-0.2, -0.15) is 5.10 Å². The molecule has 1 aromatic heterocycles. The number of rotatable bonds is 5. The highest BCUT2D eigenvalue weighted by Gasteiger charge is 2.09. The SMILES string of the molecule is CC(C)CC(=O)NCc1cnn(-c2ccc(F)cc2F)c1. The molecule has 0 fully saturated rings. The van der Waals surface area contributed by atoms with Gasteiger partial charge in [0.05, 0.1) is 6.20 Å². The predicted octanol–water partition coefficient (Wildman–Crippen LogP) is 2.81. The van der Waals surface area contributed by atoms with E-state index in [0.717, 1.165) is 11.6 Å². The number of halogens is 2. The first-order valence-corrected chi connectivity index (χ1v) is 6.71. The number of benzene rings is 1. The molecule has 1 heterocycles. The van der Waals surface area contributed by atoms with Crippen LogP contribution in [0.1, 0.15) is 25.8 Å². The molecular formula is C15H17F2N3O. The lowest BCUT2D eigenvalue weighted by Gasteiger charge is -2.05. The maximum absolute atomic E-state index is 13.6. The van der Waals surface area contributed by atoms with Gasteiger partial charge >= 0.3 is 0 Å². The maximum atomic E-state index is 13.6. The lowest BCUT2D eigenvalue weighted by atomic mass is 10.1. The molecule has 1 aromatic carbocycles. The number of amides is 1. The molecule has 0 saturated heterocycles. The molecular weight excluding hydrogens is 276 g/mol. The van der Waals surface area contributed by atoms with Crippen molar-refractivity contribution in [1.82, 2.24) is 15.1 Å². The molecule has 6 heteroatoms. The third kappa shape index (κ3) is 4.11. The highest BCUT2D eigenvalue weighted by Crippen LogP contribution is 2.14. The zero-order valence-corrected chi connectivity index (χ0v) is 11.9. The van der Waals surface area contributed by atoms with Gasteiger partial charge in [-0.25, -0.2) is 13.5 Å². The molecule has 112 valence electrons. The summed E-state index contributed by atoms with van der Waals surface area (Å²) < 4.78 is 27.8. The number of hydrogen-bond acceptors (Lipinski definition) is 2. The van der Waals surface area contributed by atoms with E-state index < -0.39 is 11.6 Å². The molecule has 0 aliphatic rings. The number of carbonyl (C=O) groups excluding carboxylic acids is 1. The second-order valence-electron chi connectivity index (χ2n) is 5.26. The minimum atomic E-state index is -0.687. The Hall–Kier alpha value is -2.24. The van der Waals surface area contributed by atoms with Crippen LogP contribution in [0.25, 0.3) is 5.69 Å². The summed E-state index contributed by atoms with van der Waals surface area (Å²) in [4.78, 5) is 11.6. The van der Waals surface area contributed by atoms with E-state index >= 15 is 0 Å². The van der Waals surface area contributed by atoms with Crippen LogP contribution < -0.4 is 5.32 Å². The molecule has 21 heavy (non-hydrogen) atoms. The average molecular weight is 293 g/mol. The fourth-order valence-corrected chi connectivity index (χ4v) is 1.89. The largest absolute Gasteiger partial charge is 0.352 e.